The molecule has 0 aliphatic carbocycles. The smallest absolute Gasteiger partial charge is 0.222 e. The fraction of sp³-hybridized carbons (Fsp3) is 0.462. The second-order valence-corrected chi connectivity index (χ2v) is 6.20. The number of carbonyl (C=O) groups excluding carboxylic acids is 1. The zero-order valence-corrected chi connectivity index (χ0v) is 11.8. The Morgan fingerprint density at radius 2 is 2.26 bits per heavy atom. The Morgan fingerprint density at radius 1 is 1.47 bits per heavy atom. The Hall–Kier alpha value is -1.69. The van der Waals surface area contributed by atoms with E-state index in [1.807, 2.05) is 0 Å². The van der Waals surface area contributed by atoms with Crippen molar-refractivity contribution in [2.75, 3.05) is 18.0 Å². The van der Waals surface area contributed by atoms with Gasteiger partial charge in [0.1, 0.15) is 17.0 Å². The molecule has 0 saturated carbocycles. The summed E-state index contributed by atoms with van der Waals surface area (Å²) in [6, 6.07) is 0. The zero-order valence-electron chi connectivity index (χ0n) is 11.0. The maximum absolute atomic E-state index is 11.3. The number of carbonyl (C=O) groups is 1. The summed E-state index contributed by atoms with van der Waals surface area (Å²) in [7, 11) is 0. The van der Waals surface area contributed by atoms with Crippen LogP contribution in [-0.4, -0.2) is 29.0 Å². The number of primary amides is 1. The molecule has 1 aliphatic heterocycles. The minimum Gasteiger partial charge on any atom is -0.369 e. The number of hydrogen-bond acceptors (Lipinski definition) is 5. The number of rotatable bonds is 2. The molecule has 0 radical (unpaired) electrons. The van der Waals surface area contributed by atoms with Crippen molar-refractivity contribution in [3.8, 4) is 0 Å². The van der Waals surface area contributed by atoms with Crippen molar-refractivity contribution in [3.63, 3.8) is 0 Å². The molecule has 6 heteroatoms. The minimum absolute atomic E-state index is 0.0648. The Kier molecular flexibility index (Phi) is 2.89. The third-order valence-electron chi connectivity index (χ3n) is 3.84. The van der Waals surface area contributed by atoms with Gasteiger partial charge in [0, 0.05) is 18.0 Å². The quantitative estimate of drug-likeness (QED) is 0.904. The number of nitrogens with two attached hydrogens (primary N) is 1. The van der Waals surface area contributed by atoms with E-state index in [4.69, 9.17) is 5.73 Å². The Morgan fingerprint density at radius 3 is 2.95 bits per heavy atom. The van der Waals surface area contributed by atoms with Crippen molar-refractivity contribution in [1.29, 1.82) is 0 Å². The average Bonchev–Trinajstić information content (AvgIpc) is 2.96. The molecule has 1 aliphatic rings. The molecule has 100 valence electrons. The number of nitrogens with zero attached hydrogens (tertiary/aromatic N) is 3. The fourth-order valence-corrected chi connectivity index (χ4v) is 3.58. The number of hydrogen-bond donors (Lipinski definition) is 1. The van der Waals surface area contributed by atoms with Gasteiger partial charge in [-0.1, -0.05) is 0 Å². The normalized spacial score (nSPS) is 19.3. The van der Waals surface area contributed by atoms with Gasteiger partial charge in [0.05, 0.1) is 11.3 Å². The monoisotopic (exact) mass is 276 g/mol. The maximum Gasteiger partial charge on any atom is 0.222 e. The van der Waals surface area contributed by atoms with Gasteiger partial charge in [-0.3, -0.25) is 4.79 Å². The van der Waals surface area contributed by atoms with Crippen LogP contribution in [0.3, 0.4) is 0 Å². The first-order chi connectivity index (χ1) is 9.08. The third kappa shape index (κ3) is 1.96. The Labute approximate surface area is 115 Å². The predicted molar refractivity (Wildman–Crippen MR) is 76.4 cm³/mol. The summed E-state index contributed by atoms with van der Waals surface area (Å²) >= 11 is 1.69. The molecule has 1 saturated heterocycles. The highest BCUT2D eigenvalue weighted by molar-refractivity contribution is 7.18. The molecule has 1 unspecified atom stereocenters. The molecule has 1 amide bonds. The summed E-state index contributed by atoms with van der Waals surface area (Å²) in [6.07, 6.45) is 2.41. The lowest BCUT2D eigenvalue weighted by Gasteiger charge is -2.18. The van der Waals surface area contributed by atoms with E-state index in [0.29, 0.717) is 6.54 Å². The summed E-state index contributed by atoms with van der Waals surface area (Å²) in [5.74, 6) is 0.659. The molecule has 2 aromatic heterocycles. The molecule has 3 rings (SSSR count). The van der Waals surface area contributed by atoms with Crippen molar-refractivity contribution in [3.05, 3.63) is 16.8 Å². The van der Waals surface area contributed by atoms with Gasteiger partial charge in [0.25, 0.3) is 0 Å². The van der Waals surface area contributed by atoms with Gasteiger partial charge in [-0.15, -0.1) is 11.3 Å². The summed E-state index contributed by atoms with van der Waals surface area (Å²) < 4.78 is 0. The van der Waals surface area contributed by atoms with Crippen LogP contribution in [0, 0.1) is 19.8 Å². The lowest BCUT2D eigenvalue weighted by atomic mass is 10.1. The van der Waals surface area contributed by atoms with Gasteiger partial charge < -0.3 is 10.6 Å². The standard InChI is InChI=1S/C13H16N4OS/c1-7-8(2)19-13-10(7)12(15-6-16-13)17-4-3-9(5-17)11(14)18/h6,9H,3-5H2,1-2H3,(H2,14,18). The highest BCUT2D eigenvalue weighted by Crippen LogP contribution is 2.35. The van der Waals surface area contributed by atoms with E-state index < -0.39 is 0 Å². The van der Waals surface area contributed by atoms with E-state index in [1.54, 1.807) is 17.7 Å². The maximum atomic E-state index is 11.3. The SMILES string of the molecule is Cc1sc2ncnc(N3CCC(C(N)=O)C3)c2c1C. The molecule has 1 fully saturated rings. The number of amides is 1. The van der Waals surface area contributed by atoms with Crippen molar-refractivity contribution < 1.29 is 4.79 Å². The molecule has 0 aromatic carbocycles. The van der Waals surface area contributed by atoms with Crippen molar-refractivity contribution >= 4 is 33.3 Å². The second kappa shape index (κ2) is 4.45. The van der Waals surface area contributed by atoms with E-state index in [-0.39, 0.29) is 11.8 Å². The number of aromatic nitrogens is 2. The van der Waals surface area contributed by atoms with Crippen LogP contribution in [-0.2, 0) is 4.79 Å². The van der Waals surface area contributed by atoms with Crippen LogP contribution in [0.5, 0.6) is 0 Å². The molecule has 3 heterocycles. The third-order valence-corrected chi connectivity index (χ3v) is 4.95. The van der Waals surface area contributed by atoms with Gasteiger partial charge in [0.2, 0.25) is 5.91 Å². The number of fused-ring (bicyclic) bond motifs is 1. The van der Waals surface area contributed by atoms with Gasteiger partial charge in [0.15, 0.2) is 0 Å². The van der Waals surface area contributed by atoms with E-state index in [9.17, 15) is 4.79 Å². The summed E-state index contributed by atoms with van der Waals surface area (Å²) in [5.41, 5.74) is 6.62. The zero-order chi connectivity index (χ0) is 13.6. The summed E-state index contributed by atoms with van der Waals surface area (Å²) in [4.78, 5) is 24.5. The largest absolute Gasteiger partial charge is 0.369 e. The van der Waals surface area contributed by atoms with Gasteiger partial charge in [-0.2, -0.15) is 0 Å². The van der Waals surface area contributed by atoms with Gasteiger partial charge in [-0.25, -0.2) is 9.97 Å². The van der Waals surface area contributed by atoms with E-state index in [0.717, 1.165) is 29.0 Å². The molecule has 0 spiro atoms. The highest BCUT2D eigenvalue weighted by Gasteiger charge is 2.29. The van der Waals surface area contributed by atoms with Crippen LogP contribution in [0.15, 0.2) is 6.33 Å². The van der Waals surface area contributed by atoms with E-state index in [2.05, 4.69) is 28.7 Å². The van der Waals surface area contributed by atoms with Crippen LogP contribution in [0.2, 0.25) is 0 Å². The predicted octanol–water partition coefficient (Wildman–Crippen LogP) is 1.62. The fourth-order valence-electron chi connectivity index (χ4n) is 2.59. The van der Waals surface area contributed by atoms with Gasteiger partial charge in [-0.05, 0) is 25.8 Å². The van der Waals surface area contributed by atoms with Crippen LogP contribution in [0.1, 0.15) is 16.9 Å². The van der Waals surface area contributed by atoms with Crippen LogP contribution < -0.4 is 10.6 Å². The van der Waals surface area contributed by atoms with Crippen molar-refractivity contribution in [2.45, 2.75) is 20.3 Å². The first kappa shape index (κ1) is 12.3. The first-order valence-electron chi connectivity index (χ1n) is 6.33. The second-order valence-electron chi connectivity index (χ2n) is 4.99. The topological polar surface area (TPSA) is 72.1 Å². The summed E-state index contributed by atoms with van der Waals surface area (Å²) in [5, 5.41) is 1.12. The highest BCUT2D eigenvalue weighted by atomic mass is 32.1. The molecule has 2 aromatic rings. The molecular weight excluding hydrogens is 260 g/mol. The van der Waals surface area contributed by atoms with Crippen LogP contribution in [0.4, 0.5) is 5.82 Å². The van der Waals surface area contributed by atoms with Gasteiger partial charge >= 0.3 is 0 Å². The first-order valence-corrected chi connectivity index (χ1v) is 7.14. The molecule has 0 bridgehead atoms. The molecule has 19 heavy (non-hydrogen) atoms. The Balaban J connectivity index is 2.04. The minimum atomic E-state index is -0.217. The molecule has 5 nitrogen and oxygen atoms in total. The van der Waals surface area contributed by atoms with E-state index in [1.165, 1.54) is 10.4 Å². The number of anilines is 1. The van der Waals surface area contributed by atoms with E-state index >= 15 is 0 Å². The van der Waals surface area contributed by atoms with Crippen LogP contribution in [0.25, 0.3) is 10.2 Å². The molecule has 2 N–H and O–H groups in total. The average molecular weight is 276 g/mol. The Bertz CT molecular complexity index is 651. The summed E-state index contributed by atoms with van der Waals surface area (Å²) in [6.45, 7) is 5.69. The van der Waals surface area contributed by atoms with Crippen LogP contribution >= 0.6 is 11.3 Å². The lowest BCUT2D eigenvalue weighted by molar-refractivity contribution is -0.121. The van der Waals surface area contributed by atoms with Crippen molar-refractivity contribution in [2.24, 2.45) is 11.7 Å². The number of thiophene rings is 1. The molecule has 1 atom stereocenters. The lowest BCUT2D eigenvalue weighted by Crippen LogP contribution is -2.27. The molecular formula is C13H16N4OS. The van der Waals surface area contributed by atoms with Crippen molar-refractivity contribution in [1.82, 2.24) is 9.97 Å². The number of aryl methyl sites for hydroxylation is 2.